The van der Waals surface area contributed by atoms with E-state index in [9.17, 15) is 9.59 Å². The fourth-order valence-corrected chi connectivity index (χ4v) is 4.75. The van der Waals surface area contributed by atoms with E-state index in [0.29, 0.717) is 30.2 Å². The molecule has 1 N–H and O–H groups in total. The Morgan fingerprint density at radius 3 is 2.86 bits per heavy atom. The number of carbonyl (C=O) groups excluding carboxylic acids is 2. The highest BCUT2D eigenvalue weighted by molar-refractivity contribution is 7.99. The van der Waals surface area contributed by atoms with Crippen LogP contribution in [0, 0.1) is 0 Å². The van der Waals surface area contributed by atoms with Crippen LogP contribution in [0.1, 0.15) is 23.6 Å². The van der Waals surface area contributed by atoms with E-state index in [1.165, 1.54) is 0 Å². The van der Waals surface area contributed by atoms with E-state index in [2.05, 4.69) is 5.32 Å². The molecule has 2 aromatic rings. The van der Waals surface area contributed by atoms with E-state index in [1.54, 1.807) is 6.07 Å². The van der Waals surface area contributed by atoms with Crippen molar-refractivity contribution >= 4 is 40.9 Å². The number of ether oxygens (including phenoxy) is 1. The monoisotopic (exact) mass is 416 g/mol. The third-order valence-corrected chi connectivity index (χ3v) is 6.31. The van der Waals surface area contributed by atoms with Gasteiger partial charge in [-0.05, 0) is 47.9 Å². The lowest BCUT2D eigenvalue weighted by molar-refractivity contribution is -0.135. The molecule has 7 heteroatoms. The van der Waals surface area contributed by atoms with Gasteiger partial charge in [-0.2, -0.15) is 11.8 Å². The standard InChI is InChI=1S/C21H21ClN2O3S/c22-16-4-1-14(2-5-16)19-13-28-10-9-24(19)21(26)12-27-17-6-7-18-15(11-17)3-8-20(25)23-18/h1-2,4-7,11,19H,3,8-10,12-13H2,(H,23,25). The van der Waals surface area contributed by atoms with Gasteiger partial charge < -0.3 is 15.0 Å². The van der Waals surface area contributed by atoms with Gasteiger partial charge >= 0.3 is 0 Å². The van der Waals surface area contributed by atoms with Gasteiger partial charge in [-0.25, -0.2) is 0 Å². The largest absolute Gasteiger partial charge is 0.484 e. The summed E-state index contributed by atoms with van der Waals surface area (Å²) in [5.41, 5.74) is 2.96. The molecular formula is C21H21ClN2O3S. The third-order valence-electron chi connectivity index (χ3n) is 5.04. The zero-order valence-electron chi connectivity index (χ0n) is 15.3. The average Bonchev–Trinajstić information content (AvgIpc) is 2.72. The second-order valence-corrected chi connectivity index (χ2v) is 8.47. The number of fused-ring (bicyclic) bond motifs is 1. The zero-order chi connectivity index (χ0) is 19.5. The summed E-state index contributed by atoms with van der Waals surface area (Å²) in [4.78, 5) is 26.2. The Hall–Kier alpha value is -2.18. The molecule has 0 aromatic heterocycles. The molecule has 146 valence electrons. The Balaban J connectivity index is 1.42. The fourth-order valence-electron chi connectivity index (χ4n) is 3.54. The van der Waals surface area contributed by atoms with Crippen molar-refractivity contribution in [2.75, 3.05) is 30.0 Å². The van der Waals surface area contributed by atoms with Crippen molar-refractivity contribution in [3.63, 3.8) is 0 Å². The summed E-state index contributed by atoms with van der Waals surface area (Å²) >= 11 is 7.85. The number of aryl methyl sites for hydroxylation is 1. The van der Waals surface area contributed by atoms with Crippen LogP contribution >= 0.6 is 23.4 Å². The summed E-state index contributed by atoms with van der Waals surface area (Å²) < 4.78 is 5.79. The lowest BCUT2D eigenvalue weighted by Gasteiger charge is -2.35. The summed E-state index contributed by atoms with van der Waals surface area (Å²) in [5.74, 6) is 2.46. The molecule has 5 nitrogen and oxygen atoms in total. The number of nitrogens with zero attached hydrogens (tertiary/aromatic N) is 1. The predicted octanol–water partition coefficient (Wildman–Crippen LogP) is 3.92. The lowest BCUT2D eigenvalue weighted by atomic mass is 10.0. The molecule has 2 amide bonds. The first-order valence-electron chi connectivity index (χ1n) is 9.28. The summed E-state index contributed by atoms with van der Waals surface area (Å²) in [5, 5.41) is 3.54. The fraction of sp³-hybridized carbons (Fsp3) is 0.333. The number of anilines is 1. The molecule has 2 heterocycles. The van der Waals surface area contributed by atoms with E-state index in [1.807, 2.05) is 53.1 Å². The van der Waals surface area contributed by atoms with Crippen LogP contribution in [0.4, 0.5) is 5.69 Å². The van der Waals surface area contributed by atoms with Crippen LogP contribution < -0.4 is 10.1 Å². The van der Waals surface area contributed by atoms with Gasteiger partial charge in [0.05, 0.1) is 6.04 Å². The number of hydrogen-bond donors (Lipinski definition) is 1. The molecule has 1 atom stereocenters. The van der Waals surface area contributed by atoms with Crippen LogP contribution in [-0.4, -0.2) is 41.4 Å². The Morgan fingerprint density at radius 2 is 2.04 bits per heavy atom. The topological polar surface area (TPSA) is 58.6 Å². The Morgan fingerprint density at radius 1 is 1.21 bits per heavy atom. The van der Waals surface area contributed by atoms with E-state index in [0.717, 1.165) is 28.3 Å². The van der Waals surface area contributed by atoms with Crippen LogP contribution in [0.5, 0.6) is 5.75 Å². The van der Waals surface area contributed by atoms with Gasteiger partial charge in [0.15, 0.2) is 6.61 Å². The second-order valence-electron chi connectivity index (χ2n) is 6.89. The first kappa shape index (κ1) is 19.2. The maximum Gasteiger partial charge on any atom is 0.261 e. The Kier molecular flexibility index (Phi) is 5.78. The minimum atomic E-state index is -0.0220. The number of thioether (sulfide) groups is 1. The molecule has 28 heavy (non-hydrogen) atoms. The van der Waals surface area contributed by atoms with Gasteiger partial charge in [-0.15, -0.1) is 0 Å². The zero-order valence-corrected chi connectivity index (χ0v) is 16.9. The van der Waals surface area contributed by atoms with Crippen LogP contribution in [0.2, 0.25) is 5.02 Å². The molecule has 2 aromatic carbocycles. The number of carbonyl (C=O) groups is 2. The minimum absolute atomic E-state index is 0.0000970. The number of benzene rings is 2. The lowest BCUT2D eigenvalue weighted by Crippen LogP contribution is -2.43. The first-order chi connectivity index (χ1) is 13.6. The maximum absolute atomic E-state index is 12.9. The predicted molar refractivity (Wildman–Crippen MR) is 112 cm³/mol. The van der Waals surface area contributed by atoms with E-state index < -0.39 is 0 Å². The molecule has 0 aliphatic carbocycles. The normalized spacial score (nSPS) is 19.0. The van der Waals surface area contributed by atoms with Crippen molar-refractivity contribution in [3.05, 3.63) is 58.6 Å². The second kappa shape index (κ2) is 8.45. The average molecular weight is 417 g/mol. The van der Waals surface area contributed by atoms with Crippen molar-refractivity contribution in [2.24, 2.45) is 0 Å². The molecule has 4 rings (SSSR count). The summed E-state index contributed by atoms with van der Waals surface area (Å²) in [6, 6.07) is 13.3. The van der Waals surface area contributed by atoms with Gasteiger partial charge in [0.1, 0.15) is 5.75 Å². The molecule has 2 aliphatic rings. The molecule has 0 saturated carbocycles. The highest BCUT2D eigenvalue weighted by atomic mass is 35.5. The SMILES string of the molecule is O=C1CCc2cc(OCC(=O)N3CCSCC3c3ccc(Cl)cc3)ccc2N1. The highest BCUT2D eigenvalue weighted by Gasteiger charge is 2.28. The van der Waals surface area contributed by atoms with Crippen LogP contribution in [0.25, 0.3) is 0 Å². The van der Waals surface area contributed by atoms with Gasteiger partial charge in [0.25, 0.3) is 5.91 Å². The molecule has 1 saturated heterocycles. The number of nitrogens with one attached hydrogen (secondary N) is 1. The first-order valence-corrected chi connectivity index (χ1v) is 10.8. The molecule has 0 radical (unpaired) electrons. The van der Waals surface area contributed by atoms with Gasteiger partial charge in [0, 0.05) is 35.2 Å². The van der Waals surface area contributed by atoms with Gasteiger partial charge in [-0.3, -0.25) is 9.59 Å². The number of halogens is 1. The summed E-state index contributed by atoms with van der Waals surface area (Å²) in [6.07, 6.45) is 1.16. The van der Waals surface area contributed by atoms with Crippen LogP contribution in [-0.2, 0) is 16.0 Å². The van der Waals surface area contributed by atoms with Gasteiger partial charge in [-0.1, -0.05) is 23.7 Å². The molecule has 2 aliphatic heterocycles. The molecule has 0 bridgehead atoms. The van der Waals surface area contributed by atoms with Crippen LogP contribution in [0.3, 0.4) is 0 Å². The van der Waals surface area contributed by atoms with E-state index in [-0.39, 0.29) is 24.5 Å². The van der Waals surface area contributed by atoms with Crippen molar-refractivity contribution < 1.29 is 14.3 Å². The Labute approximate surface area is 173 Å². The van der Waals surface area contributed by atoms with Crippen molar-refractivity contribution in [3.8, 4) is 5.75 Å². The quantitative estimate of drug-likeness (QED) is 0.820. The molecule has 1 fully saturated rings. The van der Waals surface area contributed by atoms with E-state index in [4.69, 9.17) is 16.3 Å². The van der Waals surface area contributed by atoms with Gasteiger partial charge in [0.2, 0.25) is 5.91 Å². The van der Waals surface area contributed by atoms with Crippen molar-refractivity contribution in [1.29, 1.82) is 0 Å². The minimum Gasteiger partial charge on any atom is -0.484 e. The number of rotatable bonds is 4. The smallest absolute Gasteiger partial charge is 0.261 e. The molecule has 0 spiro atoms. The van der Waals surface area contributed by atoms with Crippen LogP contribution in [0.15, 0.2) is 42.5 Å². The molecule has 1 unspecified atom stereocenters. The van der Waals surface area contributed by atoms with E-state index >= 15 is 0 Å². The van der Waals surface area contributed by atoms with Crippen molar-refractivity contribution in [2.45, 2.75) is 18.9 Å². The summed E-state index contributed by atoms with van der Waals surface area (Å²) in [7, 11) is 0. The number of hydrogen-bond acceptors (Lipinski definition) is 4. The molecular weight excluding hydrogens is 396 g/mol. The third kappa shape index (κ3) is 4.28. The highest BCUT2D eigenvalue weighted by Crippen LogP contribution is 2.31. The number of amides is 2. The van der Waals surface area contributed by atoms with Crippen molar-refractivity contribution in [1.82, 2.24) is 4.90 Å². The summed E-state index contributed by atoms with van der Waals surface area (Å²) in [6.45, 7) is 0.705. The Bertz CT molecular complexity index is 888. The maximum atomic E-state index is 12.9.